The molecule has 0 radical (unpaired) electrons. The van der Waals surface area contributed by atoms with Gasteiger partial charge in [-0.2, -0.15) is 0 Å². The summed E-state index contributed by atoms with van der Waals surface area (Å²) in [6.45, 7) is 2.44. The van der Waals surface area contributed by atoms with Crippen molar-refractivity contribution in [1.82, 2.24) is 10.6 Å². The van der Waals surface area contributed by atoms with E-state index in [2.05, 4.69) is 17.6 Å². The van der Waals surface area contributed by atoms with Crippen LogP contribution in [0.15, 0.2) is 91.0 Å². The summed E-state index contributed by atoms with van der Waals surface area (Å²) in [5.74, 6) is 0. The second-order valence-electron chi connectivity index (χ2n) is 7.00. The Bertz CT molecular complexity index is 839. The molecule has 1 atom stereocenters. The summed E-state index contributed by atoms with van der Waals surface area (Å²) in [4.78, 5) is 12.8. The molecule has 4 nitrogen and oxygen atoms in total. The van der Waals surface area contributed by atoms with Crippen molar-refractivity contribution in [1.29, 1.82) is 0 Å². The van der Waals surface area contributed by atoms with E-state index in [9.17, 15) is 4.79 Å². The summed E-state index contributed by atoms with van der Waals surface area (Å²) in [5, 5.41) is 6.14. The Morgan fingerprint density at radius 2 is 1.34 bits per heavy atom. The number of carbonyl (C=O) groups is 1. The highest BCUT2D eigenvalue weighted by atomic mass is 16.5. The summed E-state index contributed by atoms with van der Waals surface area (Å²) in [6.07, 6.45) is 0.745. The Balaban J connectivity index is 1.75. The Labute approximate surface area is 172 Å². The van der Waals surface area contributed by atoms with Gasteiger partial charge in [0.1, 0.15) is 5.60 Å². The van der Waals surface area contributed by atoms with Gasteiger partial charge in [-0.15, -0.1) is 0 Å². The molecule has 0 aliphatic carbocycles. The maximum Gasteiger partial charge on any atom is 0.315 e. The van der Waals surface area contributed by atoms with Crippen LogP contribution in [0, 0.1) is 0 Å². The van der Waals surface area contributed by atoms with Gasteiger partial charge in [-0.1, -0.05) is 97.9 Å². The van der Waals surface area contributed by atoms with Crippen molar-refractivity contribution in [3.63, 3.8) is 0 Å². The van der Waals surface area contributed by atoms with Gasteiger partial charge in [-0.05, 0) is 23.1 Å². The third-order valence-electron chi connectivity index (χ3n) is 5.34. The maximum atomic E-state index is 12.8. The number of benzene rings is 3. The highest BCUT2D eigenvalue weighted by Gasteiger charge is 2.31. The molecule has 3 rings (SSSR count). The van der Waals surface area contributed by atoms with E-state index in [0.29, 0.717) is 6.54 Å². The molecule has 1 unspecified atom stereocenters. The molecular weight excluding hydrogens is 360 g/mol. The molecular formula is C25H28N2O2. The Morgan fingerprint density at radius 1 is 0.862 bits per heavy atom. The lowest BCUT2D eigenvalue weighted by Crippen LogP contribution is -2.46. The van der Waals surface area contributed by atoms with E-state index in [1.807, 2.05) is 91.0 Å². The minimum atomic E-state index is -0.562. The van der Waals surface area contributed by atoms with Crippen LogP contribution in [-0.2, 0) is 10.3 Å². The van der Waals surface area contributed by atoms with E-state index in [0.717, 1.165) is 23.1 Å². The predicted octanol–water partition coefficient (Wildman–Crippen LogP) is 5.03. The van der Waals surface area contributed by atoms with Crippen LogP contribution in [0.5, 0.6) is 0 Å². The van der Waals surface area contributed by atoms with Crippen molar-refractivity contribution in [2.75, 3.05) is 13.7 Å². The summed E-state index contributed by atoms with van der Waals surface area (Å²) in [7, 11) is 1.69. The molecule has 0 bridgehead atoms. The van der Waals surface area contributed by atoms with Crippen LogP contribution in [0.4, 0.5) is 4.79 Å². The molecule has 0 aromatic heterocycles. The molecule has 0 aliphatic rings. The summed E-state index contributed by atoms with van der Waals surface area (Å²) < 4.78 is 5.86. The number of rotatable bonds is 8. The van der Waals surface area contributed by atoms with E-state index in [1.165, 1.54) is 0 Å². The molecule has 150 valence electrons. The Kier molecular flexibility index (Phi) is 7.04. The van der Waals surface area contributed by atoms with Gasteiger partial charge >= 0.3 is 6.03 Å². The van der Waals surface area contributed by atoms with Crippen LogP contribution in [0.25, 0.3) is 0 Å². The lowest BCUT2D eigenvalue weighted by Gasteiger charge is -2.32. The van der Waals surface area contributed by atoms with Gasteiger partial charge in [-0.25, -0.2) is 4.79 Å². The number of hydrogen-bond acceptors (Lipinski definition) is 2. The standard InChI is InChI=1S/C25H28N2O2/c1-3-25(29-2,22-17-11-6-12-18-22)19-26-24(28)27-23(20-13-7-4-8-14-20)21-15-9-5-10-16-21/h4-18,23H,3,19H2,1-2H3,(H2,26,27,28). The van der Waals surface area contributed by atoms with Gasteiger partial charge in [0.05, 0.1) is 12.6 Å². The van der Waals surface area contributed by atoms with Crippen LogP contribution in [0.3, 0.4) is 0 Å². The Morgan fingerprint density at radius 3 is 1.79 bits per heavy atom. The molecule has 3 aromatic rings. The van der Waals surface area contributed by atoms with Crippen LogP contribution in [-0.4, -0.2) is 19.7 Å². The smallest absolute Gasteiger partial charge is 0.315 e. The first kappa shape index (κ1) is 20.6. The van der Waals surface area contributed by atoms with Crippen LogP contribution in [0.2, 0.25) is 0 Å². The first-order chi connectivity index (χ1) is 14.2. The lowest BCUT2D eigenvalue weighted by atomic mass is 9.90. The minimum absolute atomic E-state index is 0.228. The highest BCUT2D eigenvalue weighted by molar-refractivity contribution is 5.75. The highest BCUT2D eigenvalue weighted by Crippen LogP contribution is 2.28. The van der Waals surface area contributed by atoms with Gasteiger partial charge in [-0.3, -0.25) is 0 Å². The number of nitrogens with one attached hydrogen (secondary N) is 2. The molecule has 4 heteroatoms. The lowest BCUT2D eigenvalue weighted by molar-refractivity contribution is -0.0152. The fraction of sp³-hybridized carbons (Fsp3) is 0.240. The van der Waals surface area contributed by atoms with Gasteiger partial charge < -0.3 is 15.4 Å². The molecule has 0 aliphatic heterocycles. The number of methoxy groups -OCH3 is 1. The fourth-order valence-corrected chi connectivity index (χ4v) is 3.56. The van der Waals surface area contributed by atoms with Crippen molar-refractivity contribution in [2.24, 2.45) is 0 Å². The Hall–Kier alpha value is -3.11. The summed E-state index contributed by atoms with van der Waals surface area (Å²) in [6, 6.07) is 29.5. The average Bonchev–Trinajstić information content (AvgIpc) is 2.80. The molecule has 0 heterocycles. The third kappa shape index (κ3) is 5.04. The van der Waals surface area contributed by atoms with E-state index in [1.54, 1.807) is 7.11 Å². The molecule has 0 saturated carbocycles. The topological polar surface area (TPSA) is 50.4 Å². The second-order valence-corrected chi connectivity index (χ2v) is 7.00. The second kappa shape index (κ2) is 9.89. The van der Waals surface area contributed by atoms with Crippen LogP contribution >= 0.6 is 0 Å². The predicted molar refractivity (Wildman–Crippen MR) is 117 cm³/mol. The van der Waals surface area contributed by atoms with E-state index in [-0.39, 0.29) is 12.1 Å². The summed E-state index contributed by atoms with van der Waals surface area (Å²) in [5.41, 5.74) is 2.55. The first-order valence-corrected chi connectivity index (χ1v) is 9.93. The van der Waals surface area contributed by atoms with Gasteiger partial charge in [0.2, 0.25) is 0 Å². The largest absolute Gasteiger partial charge is 0.372 e. The molecule has 0 fully saturated rings. The van der Waals surface area contributed by atoms with Crippen molar-refractivity contribution >= 4 is 6.03 Å². The van der Waals surface area contributed by atoms with Crippen molar-refractivity contribution in [2.45, 2.75) is 25.0 Å². The minimum Gasteiger partial charge on any atom is -0.372 e. The quantitative estimate of drug-likeness (QED) is 0.569. The molecule has 3 aromatic carbocycles. The van der Waals surface area contributed by atoms with E-state index < -0.39 is 5.60 Å². The monoisotopic (exact) mass is 388 g/mol. The molecule has 0 saturated heterocycles. The normalized spacial score (nSPS) is 12.9. The fourth-order valence-electron chi connectivity index (χ4n) is 3.56. The van der Waals surface area contributed by atoms with Crippen LogP contribution < -0.4 is 10.6 Å². The van der Waals surface area contributed by atoms with E-state index in [4.69, 9.17) is 4.74 Å². The third-order valence-corrected chi connectivity index (χ3v) is 5.34. The zero-order valence-electron chi connectivity index (χ0n) is 17.0. The average molecular weight is 389 g/mol. The number of carbonyl (C=O) groups excluding carboxylic acids is 1. The molecule has 2 N–H and O–H groups in total. The van der Waals surface area contributed by atoms with Crippen molar-refractivity contribution < 1.29 is 9.53 Å². The van der Waals surface area contributed by atoms with Crippen LogP contribution in [0.1, 0.15) is 36.1 Å². The zero-order valence-corrected chi connectivity index (χ0v) is 17.0. The molecule has 2 amide bonds. The van der Waals surface area contributed by atoms with Gasteiger partial charge in [0, 0.05) is 7.11 Å². The SMILES string of the molecule is CCC(CNC(=O)NC(c1ccccc1)c1ccccc1)(OC)c1ccccc1. The van der Waals surface area contributed by atoms with E-state index >= 15 is 0 Å². The zero-order chi connectivity index (χ0) is 20.5. The van der Waals surface area contributed by atoms with Gasteiger partial charge in [0.25, 0.3) is 0 Å². The number of ether oxygens (including phenoxy) is 1. The molecule has 29 heavy (non-hydrogen) atoms. The molecule has 0 spiro atoms. The number of urea groups is 1. The van der Waals surface area contributed by atoms with Crippen molar-refractivity contribution in [3.05, 3.63) is 108 Å². The first-order valence-electron chi connectivity index (χ1n) is 9.93. The van der Waals surface area contributed by atoms with Crippen molar-refractivity contribution in [3.8, 4) is 0 Å². The summed E-state index contributed by atoms with van der Waals surface area (Å²) >= 11 is 0. The maximum absolute atomic E-state index is 12.8. The number of hydrogen-bond donors (Lipinski definition) is 2. The number of amides is 2. The van der Waals surface area contributed by atoms with Gasteiger partial charge in [0.15, 0.2) is 0 Å².